The van der Waals surface area contributed by atoms with Crippen LogP contribution in [0.3, 0.4) is 0 Å². The lowest BCUT2D eigenvalue weighted by Gasteiger charge is -2.07. The molecule has 0 aliphatic carbocycles. The number of carbonyl (C=O) groups is 2. The highest BCUT2D eigenvalue weighted by Gasteiger charge is 2.14. The lowest BCUT2D eigenvalue weighted by Crippen LogP contribution is -2.19. The maximum Gasteiger partial charge on any atom is 0.307 e. The summed E-state index contributed by atoms with van der Waals surface area (Å²) in [6.45, 7) is 1.83. The van der Waals surface area contributed by atoms with Gasteiger partial charge < -0.3 is 9.73 Å². The number of nitrogens with one attached hydrogen (secondary N) is 2. The van der Waals surface area contributed by atoms with Crippen molar-refractivity contribution in [2.75, 3.05) is 5.32 Å². The Morgan fingerprint density at radius 3 is 2.77 bits per heavy atom. The number of anilines is 1. The Morgan fingerprint density at radius 1 is 1.23 bits per heavy atom. The summed E-state index contributed by atoms with van der Waals surface area (Å²) in [5.41, 5.74) is 4.04. The summed E-state index contributed by atoms with van der Waals surface area (Å²) < 4.78 is 7.35. The molecule has 3 heterocycles. The van der Waals surface area contributed by atoms with Gasteiger partial charge in [-0.1, -0.05) is 23.7 Å². The first-order valence-corrected chi connectivity index (χ1v) is 11.3. The fourth-order valence-electron chi connectivity index (χ4n) is 2.98. The average molecular weight is 513 g/mol. The summed E-state index contributed by atoms with van der Waals surface area (Å²) >= 11 is 7.06. The predicted molar refractivity (Wildman–Crippen MR) is 130 cm³/mol. The van der Waals surface area contributed by atoms with Gasteiger partial charge in [0.05, 0.1) is 26.4 Å². The number of hydrazone groups is 1. The van der Waals surface area contributed by atoms with Gasteiger partial charge in [0, 0.05) is 5.69 Å². The topological polar surface area (TPSA) is 145 Å². The lowest BCUT2D eigenvalue weighted by molar-refractivity contribution is -0.385. The second kappa shape index (κ2) is 10.3. The summed E-state index contributed by atoms with van der Waals surface area (Å²) in [5.74, 6) is -0.431. The molecule has 3 aromatic heterocycles. The van der Waals surface area contributed by atoms with Gasteiger partial charge in [-0.25, -0.2) is 5.43 Å². The number of nitrogens with zero attached hydrogens (tertiary/aromatic N) is 4. The van der Waals surface area contributed by atoms with Crippen molar-refractivity contribution in [3.05, 3.63) is 97.3 Å². The van der Waals surface area contributed by atoms with E-state index in [9.17, 15) is 19.7 Å². The van der Waals surface area contributed by atoms with Crippen molar-refractivity contribution in [3.8, 4) is 0 Å². The molecule has 0 bridgehead atoms. The van der Waals surface area contributed by atoms with Crippen LogP contribution in [-0.2, 0) is 6.54 Å². The first kappa shape index (κ1) is 23.9. The molecule has 2 N–H and O–H groups in total. The Bertz CT molecular complexity index is 1440. The molecule has 13 heteroatoms. The molecule has 1 aromatic carbocycles. The van der Waals surface area contributed by atoms with Crippen molar-refractivity contribution in [2.45, 2.75) is 13.5 Å². The normalized spacial score (nSPS) is 11.3. The molecule has 0 fully saturated rings. The number of aromatic nitrogens is 2. The van der Waals surface area contributed by atoms with E-state index in [0.717, 1.165) is 6.20 Å². The van der Waals surface area contributed by atoms with E-state index in [4.69, 9.17) is 16.0 Å². The Hall–Kier alpha value is -4.29. The largest absolute Gasteiger partial charge is 0.454 e. The van der Waals surface area contributed by atoms with Crippen molar-refractivity contribution in [1.82, 2.24) is 15.2 Å². The zero-order chi connectivity index (χ0) is 24.9. The summed E-state index contributed by atoms with van der Waals surface area (Å²) in [7, 11) is 0. The highest BCUT2D eigenvalue weighted by molar-refractivity contribution is 7.18. The molecule has 0 radical (unpaired) electrons. The Balaban J connectivity index is 1.37. The zero-order valence-corrected chi connectivity index (χ0v) is 19.7. The predicted octanol–water partition coefficient (Wildman–Crippen LogP) is 4.55. The fraction of sp³-hybridized carbons (Fsp3) is 0.0909. The van der Waals surface area contributed by atoms with Crippen LogP contribution < -0.4 is 10.7 Å². The van der Waals surface area contributed by atoms with E-state index in [-0.39, 0.29) is 23.9 Å². The van der Waals surface area contributed by atoms with Crippen molar-refractivity contribution >= 4 is 51.8 Å². The second-order valence-corrected chi connectivity index (χ2v) is 8.91. The zero-order valence-electron chi connectivity index (χ0n) is 18.1. The molecule has 11 nitrogen and oxygen atoms in total. The molecule has 4 aromatic rings. The number of halogens is 1. The van der Waals surface area contributed by atoms with Gasteiger partial charge in [-0.05, 0) is 48.9 Å². The fourth-order valence-corrected chi connectivity index (χ4v) is 3.92. The Labute approximate surface area is 207 Å². The summed E-state index contributed by atoms with van der Waals surface area (Å²) in [6.07, 6.45) is 2.40. The van der Waals surface area contributed by atoms with E-state index in [1.165, 1.54) is 28.3 Å². The summed E-state index contributed by atoms with van der Waals surface area (Å²) in [5, 5.41) is 21.5. The van der Waals surface area contributed by atoms with E-state index >= 15 is 0 Å². The summed E-state index contributed by atoms with van der Waals surface area (Å²) in [6, 6.07) is 13.4. The minimum absolute atomic E-state index is 0.0221. The highest BCUT2D eigenvalue weighted by atomic mass is 35.5. The quantitative estimate of drug-likeness (QED) is 0.201. The SMILES string of the molecule is CC(=NNC(=O)c1ccc(Cn2cc([N+](=O)[O-])cn2)o1)c1cccc(NC(=O)c2ccc(Cl)s2)c1. The van der Waals surface area contributed by atoms with Crippen molar-refractivity contribution in [3.63, 3.8) is 0 Å². The number of hydrogen-bond acceptors (Lipinski definition) is 8. The first-order chi connectivity index (χ1) is 16.8. The van der Waals surface area contributed by atoms with Gasteiger partial charge in [0.1, 0.15) is 18.2 Å². The Morgan fingerprint density at radius 2 is 2.06 bits per heavy atom. The number of nitro groups is 1. The van der Waals surface area contributed by atoms with Crippen LogP contribution in [0.4, 0.5) is 11.4 Å². The number of carbonyl (C=O) groups excluding carboxylic acids is 2. The van der Waals surface area contributed by atoms with Crippen LogP contribution in [0.15, 0.2) is 70.4 Å². The van der Waals surface area contributed by atoms with E-state index in [2.05, 4.69) is 20.9 Å². The molecule has 0 aliphatic heterocycles. The van der Waals surface area contributed by atoms with Gasteiger partial charge in [0.25, 0.3) is 5.91 Å². The van der Waals surface area contributed by atoms with E-state index < -0.39 is 10.8 Å². The standard InChI is InChI=1S/C22H17ClN6O5S/c1-13(14-3-2-4-15(9-14)25-22(31)19-7-8-20(23)35-19)26-27-21(30)18-6-5-17(34-18)12-28-11-16(10-24-28)29(32)33/h2-11H,12H2,1H3,(H,25,31)(H,27,30). The number of amides is 2. The van der Waals surface area contributed by atoms with Crippen LogP contribution in [0.25, 0.3) is 0 Å². The molecular formula is C22H17ClN6O5S. The third-order valence-electron chi connectivity index (χ3n) is 4.69. The minimum Gasteiger partial charge on any atom is -0.454 e. The number of rotatable bonds is 8. The van der Waals surface area contributed by atoms with Crippen molar-refractivity contribution in [1.29, 1.82) is 0 Å². The number of furan rings is 1. The number of benzene rings is 1. The maximum absolute atomic E-state index is 12.4. The number of hydrogen-bond donors (Lipinski definition) is 2. The molecular weight excluding hydrogens is 496 g/mol. The van der Waals surface area contributed by atoms with Crippen LogP contribution >= 0.6 is 22.9 Å². The molecule has 4 rings (SSSR count). The third kappa shape index (κ3) is 5.99. The van der Waals surface area contributed by atoms with E-state index in [0.29, 0.717) is 31.9 Å². The molecule has 35 heavy (non-hydrogen) atoms. The lowest BCUT2D eigenvalue weighted by atomic mass is 10.1. The van der Waals surface area contributed by atoms with Gasteiger partial charge in [0.15, 0.2) is 5.76 Å². The van der Waals surface area contributed by atoms with Crippen LogP contribution in [0, 0.1) is 10.1 Å². The van der Waals surface area contributed by atoms with Crippen molar-refractivity contribution in [2.24, 2.45) is 5.10 Å². The Kier molecular flexibility index (Phi) is 7.03. The molecule has 0 saturated carbocycles. The molecule has 0 saturated heterocycles. The first-order valence-electron chi connectivity index (χ1n) is 10.1. The van der Waals surface area contributed by atoms with E-state index in [1.807, 2.05) is 0 Å². The minimum atomic E-state index is -0.568. The molecule has 0 unspecified atom stereocenters. The van der Waals surface area contributed by atoms with Gasteiger partial charge >= 0.3 is 11.6 Å². The summed E-state index contributed by atoms with van der Waals surface area (Å²) in [4.78, 5) is 35.5. The van der Waals surface area contributed by atoms with Crippen LogP contribution in [0.1, 0.15) is 38.5 Å². The molecule has 0 spiro atoms. The van der Waals surface area contributed by atoms with Crippen LogP contribution in [0.5, 0.6) is 0 Å². The molecule has 0 atom stereocenters. The molecule has 2 amide bonds. The second-order valence-electron chi connectivity index (χ2n) is 7.20. The van der Waals surface area contributed by atoms with Gasteiger partial charge in [-0.2, -0.15) is 10.2 Å². The molecule has 178 valence electrons. The number of thiophene rings is 1. The monoisotopic (exact) mass is 512 g/mol. The smallest absolute Gasteiger partial charge is 0.307 e. The van der Waals surface area contributed by atoms with E-state index in [1.54, 1.807) is 49.4 Å². The van der Waals surface area contributed by atoms with Gasteiger partial charge in [-0.15, -0.1) is 11.3 Å². The molecule has 0 aliphatic rings. The van der Waals surface area contributed by atoms with Crippen LogP contribution in [0.2, 0.25) is 4.34 Å². The third-order valence-corrected chi connectivity index (χ3v) is 5.92. The maximum atomic E-state index is 12.4. The van der Waals surface area contributed by atoms with Gasteiger partial charge in [0.2, 0.25) is 0 Å². The van der Waals surface area contributed by atoms with Crippen molar-refractivity contribution < 1.29 is 18.9 Å². The average Bonchev–Trinajstić information content (AvgIpc) is 3.59. The van der Waals surface area contributed by atoms with Gasteiger partial charge in [-0.3, -0.25) is 24.4 Å². The van der Waals surface area contributed by atoms with Crippen LogP contribution in [-0.4, -0.2) is 32.2 Å². The highest BCUT2D eigenvalue weighted by Crippen LogP contribution is 2.23.